The lowest BCUT2D eigenvalue weighted by molar-refractivity contribution is 0.0952. The van der Waals surface area contributed by atoms with Crippen LogP contribution in [0.1, 0.15) is 59.6 Å². The van der Waals surface area contributed by atoms with Crippen LogP contribution in [0.15, 0.2) is 79.1 Å². The zero-order chi connectivity index (χ0) is 21.8. The Kier molecular flexibility index (Phi) is 6.38. The van der Waals surface area contributed by atoms with Crippen LogP contribution in [0.25, 0.3) is 10.8 Å². The highest BCUT2D eigenvalue weighted by atomic mass is 16.3. The van der Waals surface area contributed by atoms with Crippen LogP contribution in [-0.4, -0.2) is 23.6 Å². The second kappa shape index (κ2) is 9.36. The van der Waals surface area contributed by atoms with Gasteiger partial charge in [-0.05, 0) is 66.1 Å². The first-order valence-corrected chi connectivity index (χ1v) is 11.0. The highest BCUT2D eigenvalue weighted by molar-refractivity contribution is 5.94. The van der Waals surface area contributed by atoms with E-state index in [1.165, 1.54) is 21.9 Å². The van der Waals surface area contributed by atoms with E-state index in [0.717, 1.165) is 19.3 Å². The molecule has 0 unspecified atom stereocenters. The molecule has 0 saturated heterocycles. The Hall–Kier alpha value is -3.11. The van der Waals surface area contributed by atoms with E-state index in [2.05, 4.69) is 78.7 Å². The molecule has 4 heteroatoms. The Balaban J connectivity index is 1.37. The molecule has 160 valence electrons. The van der Waals surface area contributed by atoms with Crippen LogP contribution in [0.3, 0.4) is 0 Å². The Morgan fingerprint density at radius 3 is 2.58 bits per heavy atom. The van der Waals surface area contributed by atoms with Gasteiger partial charge in [-0.15, -0.1) is 0 Å². The molecule has 0 aliphatic heterocycles. The van der Waals surface area contributed by atoms with Gasteiger partial charge >= 0.3 is 0 Å². The molecule has 3 aromatic rings. The van der Waals surface area contributed by atoms with Crippen LogP contribution in [0.2, 0.25) is 0 Å². The van der Waals surface area contributed by atoms with E-state index in [9.17, 15) is 4.79 Å². The molecule has 1 aliphatic carbocycles. The smallest absolute Gasteiger partial charge is 0.251 e. The zero-order valence-corrected chi connectivity index (χ0v) is 18.0. The molecular weight excluding hydrogens is 384 g/mol. The number of hydrogen-bond donors (Lipinski definition) is 3. The monoisotopic (exact) mass is 414 g/mol. The number of hydrogen-bond acceptors (Lipinski definition) is 3. The van der Waals surface area contributed by atoms with Crippen LogP contribution >= 0.6 is 0 Å². The molecule has 1 amide bonds. The van der Waals surface area contributed by atoms with Crippen molar-refractivity contribution in [3.63, 3.8) is 0 Å². The lowest BCUT2D eigenvalue weighted by atomic mass is 9.96. The molecule has 0 aromatic heterocycles. The Morgan fingerprint density at radius 2 is 1.81 bits per heavy atom. The number of aliphatic hydroxyl groups is 1. The summed E-state index contributed by atoms with van der Waals surface area (Å²) in [5, 5.41) is 18.2. The molecule has 3 atom stereocenters. The van der Waals surface area contributed by atoms with Crippen molar-refractivity contribution in [2.75, 3.05) is 6.54 Å². The third-order valence-electron chi connectivity index (χ3n) is 6.31. The topological polar surface area (TPSA) is 61.4 Å². The molecule has 4 rings (SSSR count). The summed E-state index contributed by atoms with van der Waals surface area (Å²) in [6.45, 7) is 5.71. The first kappa shape index (κ1) is 21.1. The summed E-state index contributed by atoms with van der Waals surface area (Å²) in [7, 11) is 0. The summed E-state index contributed by atoms with van der Waals surface area (Å²) in [6.07, 6.45) is 3.40. The number of carbonyl (C=O) groups excluding carboxylic acids is 1. The summed E-state index contributed by atoms with van der Waals surface area (Å²) >= 11 is 0. The maximum absolute atomic E-state index is 12.1. The average Bonchev–Trinajstić information content (AvgIpc) is 3.25. The van der Waals surface area contributed by atoms with Gasteiger partial charge in [0.05, 0.1) is 6.54 Å². The van der Waals surface area contributed by atoms with Gasteiger partial charge in [0.25, 0.3) is 5.91 Å². The second-order valence-electron chi connectivity index (χ2n) is 8.53. The number of fused-ring (bicyclic) bond motifs is 1. The Labute approximate surface area is 184 Å². The quantitative estimate of drug-likeness (QED) is 0.439. The maximum atomic E-state index is 12.1. The van der Waals surface area contributed by atoms with Gasteiger partial charge in [-0.3, -0.25) is 4.79 Å². The summed E-state index contributed by atoms with van der Waals surface area (Å²) < 4.78 is 0. The molecule has 0 radical (unpaired) electrons. The van der Waals surface area contributed by atoms with Crippen molar-refractivity contribution in [1.82, 2.24) is 10.6 Å². The van der Waals surface area contributed by atoms with Crippen LogP contribution in [0.5, 0.6) is 0 Å². The van der Waals surface area contributed by atoms with E-state index in [-0.39, 0.29) is 18.2 Å². The standard InChI is InChI=1S/C27H30N2O2/c1-18(30)17-28-27(31)22-12-10-20(11-13-22)23-14-15-24(16-23)29-19(2)25-9-5-7-21-6-3-4-8-26(21)25/h3-13,19,23-24,29-30H,1,14-17H2,2H3,(H,28,31)/t19-,23-,24+/m1/s1. The summed E-state index contributed by atoms with van der Waals surface area (Å²) in [5.74, 6) is 0.260. The van der Waals surface area contributed by atoms with Gasteiger partial charge in [0.2, 0.25) is 0 Å². The molecule has 31 heavy (non-hydrogen) atoms. The van der Waals surface area contributed by atoms with E-state index in [1.54, 1.807) is 0 Å². The van der Waals surface area contributed by atoms with Gasteiger partial charge in [0, 0.05) is 17.6 Å². The normalized spacial score (nSPS) is 19.3. The van der Waals surface area contributed by atoms with Gasteiger partial charge in [-0.25, -0.2) is 0 Å². The Bertz CT molecular complexity index is 1070. The fraction of sp³-hybridized carbons (Fsp3) is 0.296. The van der Waals surface area contributed by atoms with Crippen molar-refractivity contribution >= 4 is 16.7 Å². The van der Waals surface area contributed by atoms with Gasteiger partial charge in [0.1, 0.15) is 5.76 Å². The van der Waals surface area contributed by atoms with Crippen LogP contribution < -0.4 is 10.6 Å². The lowest BCUT2D eigenvalue weighted by Crippen LogP contribution is -2.29. The fourth-order valence-electron chi connectivity index (χ4n) is 4.70. The molecule has 1 aliphatic rings. The Morgan fingerprint density at radius 1 is 1.06 bits per heavy atom. The van der Waals surface area contributed by atoms with Crippen molar-refractivity contribution in [3.05, 3.63) is 95.8 Å². The molecule has 3 N–H and O–H groups in total. The predicted octanol–water partition coefficient (Wildman–Crippen LogP) is 5.63. The second-order valence-corrected chi connectivity index (χ2v) is 8.53. The third-order valence-corrected chi connectivity index (χ3v) is 6.31. The third kappa shape index (κ3) is 4.97. The first-order valence-electron chi connectivity index (χ1n) is 11.0. The fourth-order valence-corrected chi connectivity index (χ4v) is 4.70. The SMILES string of the molecule is C=C(O)CNC(=O)c1ccc([C@@H]2CC[C@H](N[C@H](C)c3cccc4ccccc34)C2)cc1. The van der Waals surface area contributed by atoms with E-state index < -0.39 is 0 Å². The maximum Gasteiger partial charge on any atom is 0.251 e. The summed E-state index contributed by atoms with van der Waals surface area (Å²) in [6, 6.07) is 23.7. The first-order chi connectivity index (χ1) is 15.0. The molecule has 0 heterocycles. The number of amides is 1. The molecule has 1 saturated carbocycles. The van der Waals surface area contributed by atoms with Crippen LogP contribution in [0.4, 0.5) is 0 Å². The minimum atomic E-state index is -0.198. The lowest BCUT2D eigenvalue weighted by Gasteiger charge is -2.21. The van der Waals surface area contributed by atoms with E-state index >= 15 is 0 Å². The van der Waals surface area contributed by atoms with E-state index in [4.69, 9.17) is 5.11 Å². The van der Waals surface area contributed by atoms with Crippen molar-refractivity contribution in [2.24, 2.45) is 0 Å². The van der Waals surface area contributed by atoms with Crippen molar-refractivity contribution in [3.8, 4) is 0 Å². The van der Waals surface area contributed by atoms with Gasteiger partial charge in [-0.2, -0.15) is 0 Å². The molecule has 0 bridgehead atoms. The van der Waals surface area contributed by atoms with Crippen molar-refractivity contribution in [1.29, 1.82) is 0 Å². The van der Waals surface area contributed by atoms with E-state index in [0.29, 0.717) is 23.6 Å². The summed E-state index contributed by atoms with van der Waals surface area (Å²) in [4.78, 5) is 12.1. The predicted molar refractivity (Wildman–Crippen MR) is 126 cm³/mol. The largest absolute Gasteiger partial charge is 0.511 e. The number of carbonyl (C=O) groups is 1. The van der Waals surface area contributed by atoms with Gasteiger partial charge in [0.15, 0.2) is 0 Å². The van der Waals surface area contributed by atoms with Crippen LogP contribution in [-0.2, 0) is 0 Å². The molecule has 1 fully saturated rings. The molecular formula is C27H30N2O2. The van der Waals surface area contributed by atoms with E-state index in [1.807, 2.05) is 12.1 Å². The highest BCUT2D eigenvalue weighted by Crippen LogP contribution is 2.36. The zero-order valence-electron chi connectivity index (χ0n) is 18.0. The number of benzene rings is 3. The summed E-state index contributed by atoms with van der Waals surface area (Å²) in [5.41, 5.74) is 3.23. The average molecular weight is 415 g/mol. The number of aliphatic hydroxyl groups excluding tert-OH is 1. The minimum absolute atomic E-state index is 0.0489. The van der Waals surface area contributed by atoms with Crippen molar-refractivity contribution < 1.29 is 9.90 Å². The molecule has 4 nitrogen and oxygen atoms in total. The highest BCUT2D eigenvalue weighted by Gasteiger charge is 2.27. The van der Waals surface area contributed by atoms with Gasteiger partial charge < -0.3 is 15.7 Å². The minimum Gasteiger partial charge on any atom is -0.511 e. The number of rotatable bonds is 7. The molecule has 0 spiro atoms. The van der Waals surface area contributed by atoms with Crippen LogP contribution in [0, 0.1) is 0 Å². The number of nitrogens with one attached hydrogen (secondary N) is 2. The molecule has 3 aromatic carbocycles. The van der Waals surface area contributed by atoms with Crippen molar-refractivity contribution in [2.45, 2.75) is 44.2 Å². The van der Waals surface area contributed by atoms with Gasteiger partial charge in [-0.1, -0.05) is 61.2 Å².